The summed E-state index contributed by atoms with van der Waals surface area (Å²) in [5.41, 5.74) is 2.86. The van der Waals surface area contributed by atoms with E-state index in [-0.39, 0.29) is 28.3 Å². The molecule has 6 heterocycles. The molecule has 1 unspecified atom stereocenters. The van der Waals surface area contributed by atoms with Crippen LogP contribution in [0.5, 0.6) is 0 Å². The molecular weight excluding hydrogens is 633 g/mol. The van der Waals surface area contributed by atoms with E-state index in [0.717, 1.165) is 69.4 Å². The third kappa shape index (κ3) is 6.54. The number of amides is 2. The Morgan fingerprint density at radius 1 is 0.957 bits per heavy atom. The Balaban J connectivity index is 1.01. The fourth-order valence-electron chi connectivity index (χ4n) is 6.47. The lowest BCUT2D eigenvalue weighted by molar-refractivity contribution is 0.0209. The fourth-order valence-corrected chi connectivity index (χ4v) is 8.82. The Morgan fingerprint density at radius 3 is 2.53 bits per heavy atom. The Kier molecular flexibility index (Phi) is 7.94. The molecule has 3 aromatic heterocycles. The number of aromatic nitrogens is 4. The van der Waals surface area contributed by atoms with Gasteiger partial charge in [0, 0.05) is 18.0 Å². The number of nitrogens with zero attached hydrogens (tertiary/aromatic N) is 4. The molecule has 7 rings (SSSR count). The van der Waals surface area contributed by atoms with Crippen molar-refractivity contribution in [2.75, 3.05) is 13.1 Å². The van der Waals surface area contributed by atoms with Crippen molar-refractivity contribution in [3.63, 3.8) is 0 Å². The number of hydrogen-bond acceptors (Lipinski definition) is 8. The maximum Gasteiger partial charge on any atom is 0.411 e. The van der Waals surface area contributed by atoms with Crippen LogP contribution in [0.25, 0.3) is 33.8 Å². The van der Waals surface area contributed by atoms with E-state index in [9.17, 15) is 9.59 Å². The summed E-state index contributed by atoms with van der Waals surface area (Å²) < 4.78 is 11.3. The van der Waals surface area contributed by atoms with Gasteiger partial charge in [0.2, 0.25) is 0 Å². The number of H-pyrrole nitrogens is 2. The smallest absolute Gasteiger partial charge is 0.411 e. The molecule has 3 atom stereocenters. The van der Waals surface area contributed by atoms with Crippen molar-refractivity contribution in [1.29, 1.82) is 0 Å². The molecule has 248 valence electrons. The fraction of sp³-hybridized carbons (Fsp3) is 0.486. The minimum atomic E-state index is -0.534. The molecule has 3 aliphatic rings. The Hall–Kier alpha value is -3.77. The predicted molar refractivity (Wildman–Crippen MR) is 187 cm³/mol. The number of likely N-dealkylation sites (tertiary alicyclic amines) is 2. The molecule has 0 aliphatic carbocycles. The maximum absolute atomic E-state index is 12.9. The number of thioether (sulfide) groups is 1. The standard InChI is InChI=1S/C35H42N6O4S2/c1-33(2,3)44-31(42)40-17-7-9-26(40)29-36-20-25(39-29)27-15-13-22(46-27)12-10-21-11-14-23-24(19-21)38-30(37-23)28-35(47-28)16-8-18-41(35)32(43)45-34(4,5)6/h10-15,19-20,26,28H,7-9,16-18H2,1-6H3,(H,36,39)(H,37,38)/b12-10+/t26-,28?,35-/m0/s1. The van der Waals surface area contributed by atoms with Crippen molar-refractivity contribution in [2.24, 2.45) is 0 Å². The predicted octanol–water partition coefficient (Wildman–Crippen LogP) is 8.77. The first-order valence-corrected chi connectivity index (χ1v) is 18.0. The highest BCUT2D eigenvalue weighted by Gasteiger charge is 2.65. The molecule has 12 heteroatoms. The molecule has 4 aromatic rings. The van der Waals surface area contributed by atoms with Crippen LogP contribution in [0.4, 0.5) is 9.59 Å². The molecule has 1 spiro atoms. The molecule has 0 saturated carbocycles. The van der Waals surface area contributed by atoms with Gasteiger partial charge in [-0.1, -0.05) is 12.1 Å². The average molecular weight is 675 g/mol. The number of aromatic amines is 2. The summed E-state index contributed by atoms with van der Waals surface area (Å²) in [4.78, 5) is 47.9. The van der Waals surface area contributed by atoms with Gasteiger partial charge in [0.25, 0.3) is 0 Å². The number of carbonyl (C=O) groups excluding carboxylic acids is 2. The third-order valence-electron chi connectivity index (χ3n) is 8.56. The van der Waals surface area contributed by atoms with E-state index in [4.69, 9.17) is 14.5 Å². The number of benzene rings is 1. The van der Waals surface area contributed by atoms with E-state index in [1.54, 1.807) is 28.0 Å². The maximum atomic E-state index is 12.9. The summed E-state index contributed by atoms with van der Waals surface area (Å²) in [5.74, 6) is 1.71. The van der Waals surface area contributed by atoms with Crippen molar-refractivity contribution < 1.29 is 19.1 Å². The zero-order valence-corrected chi connectivity index (χ0v) is 29.4. The number of imidazole rings is 2. The van der Waals surface area contributed by atoms with Crippen LogP contribution in [0.15, 0.2) is 36.5 Å². The van der Waals surface area contributed by atoms with Crippen LogP contribution >= 0.6 is 23.1 Å². The first-order valence-electron chi connectivity index (χ1n) is 16.3. The van der Waals surface area contributed by atoms with Crippen molar-refractivity contribution in [3.05, 3.63) is 58.6 Å². The molecule has 0 bridgehead atoms. The summed E-state index contributed by atoms with van der Waals surface area (Å²) in [6.45, 7) is 12.8. The van der Waals surface area contributed by atoms with Gasteiger partial charge in [-0.3, -0.25) is 9.80 Å². The molecule has 1 aromatic carbocycles. The summed E-state index contributed by atoms with van der Waals surface area (Å²) >= 11 is 3.47. The lowest BCUT2D eigenvalue weighted by Gasteiger charge is -2.28. The van der Waals surface area contributed by atoms with Crippen molar-refractivity contribution in [3.8, 4) is 10.6 Å². The monoisotopic (exact) mass is 674 g/mol. The van der Waals surface area contributed by atoms with Gasteiger partial charge in [-0.25, -0.2) is 19.6 Å². The van der Waals surface area contributed by atoms with Gasteiger partial charge in [0.1, 0.15) is 27.7 Å². The van der Waals surface area contributed by atoms with E-state index in [2.05, 4.69) is 51.4 Å². The van der Waals surface area contributed by atoms with Crippen LogP contribution in [0.3, 0.4) is 0 Å². The lowest BCUT2D eigenvalue weighted by atomic mass is 10.1. The van der Waals surface area contributed by atoms with Gasteiger partial charge < -0.3 is 19.4 Å². The number of nitrogens with one attached hydrogen (secondary N) is 2. The summed E-state index contributed by atoms with van der Waals surface area (Å²) in [6, 6.07) is 10.3. The highest BCUT2D eigenvalue weighted by molar-refractivity contribution is 8.08. The molecule has 2 N–H and O–H groups in total. The number of fused-ring (bicyclic) bond motifs is 1. The van der Waals surface area contributed by atoms with Crippen LogP contribution in [-0.4, -0.2) is 71.1 Å². The molecule has 3 fully saturated rings. The summed E-state index contributed by atoms with van der Waals surface area (Å²) in [7, 11) is 0. The van der Waals surface area contributed by atoms with Gasteiger partial charge in [-0.2, -0.15) is 0 Å². The first-order chi connectivity index (χ1) is 22.3. The van der Waals surface area contributed by atoms with Gasteiger partial charge in [0.15, 0.2) is 0 Å². The van der Waals surface area contributed by atoms with Crippen molar-refractivity contribution in [2.45, 2.75) is 94.6 Å². The number of carbonyl (C=O) groups is 2. The highest BCUT2D eigenvalue weighted by Crippen LogP contribution is 2.70. The van der Waals surface area contributed by atoms with Gasteiger partial charge in [0.05, 0.1) is 39.1 Å². The van der Waals surface area contributed by atoms with E-state index >= 15 is 0 Å². The van der Waals surface area contributed by atoms with Crippen LogP contribution in [0.2, 0.25) is 0 Å². The van der Waals surface area contributed by atoms with Crippen LogP contribution < -0.4 is 0 Å². The SMILES string of the molecule is CC(C)(C)OC(=O)N1CCC[C@H]1c1ncc(-c2ccc(/C=C/c3ccc4nc(C5S[C@@]56CCCN6C(=O)OC(C)(C)C)[nH]c4c3)s2)[nH]1. The highest BCUT2D eigenvalue weighted by atomic mass is 32.2. The summed E-state index contributed by atoms with van der Waals surface area (Å²) in [6.07, 6.45) is 9.25. The Morgan fingerprint density at radius 2 is 1.74 bits per heavy atom. The zero-order valence-electron chi connectivity index (χ0n) is 27.8. The van der Waals surface area contributed by atoms with Crippen LogP contribution in [0, 0.1) is 0 Å². The number of rotatable bonds is 5. The molecule has 47 heavy (non-hydrogen) atoms. The lowest BCUT2D eigenvalue weighted by Crippen LogP contribution is -2.41. The third-order valence-corrected chi connectivity index (χ3v) is 11.3. The summed E-state index contributed by atoms with van der Waals surface area (Å²) in [5, 5.41) is 0.116. The quantitative estimate of drug-likeness (QED) is 0.203. The van der Waals surface area contributed by atoms with Crippen LogP contribution in [-0.2, 0) is 9.47 Å². The second kappa shape index (κ2) is 11.7. The number of thiophene rings is 1. The topological polar surface area (TPSA) is 116 Å². The zero-order chi connectivity index (χ0) is 33.1. The molecule has 3 aliphatic heterocycles. The van der Waals surface area contributed by atoms with Gasteiger partial charge in [-0.15, -0.1) is 23.1 Å². The number of ether oxygens (including phenoxy) is 2. The number of hydrogen-bond donors (Lipinski definition) is 2. The Bertz CT molecular complexity index is 1850. The largest absolute Gasteiger partial charge is 0.444 e. The molecule has 10 nitrogen and oxygen atoms in total. The van der Waals surface area contributed by atoms with E-state index < -0.39 is 11.2 Å². The second-order valence-electron chi connectivity index (χ2n) is 14.5. The first kappa shape index (κ1) is 31.8. The van der Waals surface area contributed by atoms with Gasteiger partial charge >= 0.3 is 12.2 Å². The normalized spacial score (nSPS) is 23.0. The molecule has 0 radical (unpaired) electrons. The second-order valence-corrected chi connectivity index (χ2v) is 17.1. The van der Waals surface area contributed by atoms with E-state index in [1.807, 2.05) is 58.7 Å². The molecule has 3 saturated heterocycles. The van der Waals surface area contributed by atoms with Crippen LogP contribution in [0.1, 0.15) is 101 Å². The average Bonchev–Trinajstić information content (AvgIpc) is 3.65. The molecular formula is C35H42N6O4S2. The molecule has 2 amide bonds. The van der Waals surface area contributed by atoms with E-state index in [1.165, 1.54) is 0 Å². The van der Waals surface area contributed by atoms with Gasteiger partial charge in [-0.05, 0) is 103 Å². The minimum absolute atomic E-state index is 0.109. The Labute approximate surface area is 283 Å². The van der Waals surface area contributed by atoms with Crippen molar-refractivity contribution in [1.82, 2.24) is 29.7 Å². The minimum Gasteiger partial charge on any atom is -0.444 e. The van der Waals surface area contributed by atoms with Crippen molar-refractivity contribution >= 4 is 58.5 Å². The van der Waals surface area contributed by atoms with E-state index in [0.29, 0.717) is 13.1 Å².